The number of hydrogen-bond acceptors (Lipinski definition) is 2. The Morgan fingerprint density at radius 1 is 1.67 bits per heavy atom. The molecule has 1 radical (unpaired) electrons. The Balaban J connectivity index is 2.81. The molecule has 0 unspecified atom stereocenters. The molecule has 0 saturated carbocycles. The second kappa shape index (κ2) is 1.77. The summed E-state index contributed by atoms with van der Waals surface area (Å²) in [5, 5.41) is 3.63. The molecule has 3 heteroatoms. The summed E-state index contributed by atoms with van der Waals surface area (Å²) in [4.78, 5) is 11.4. The van der Waals surface area contributed by atoms with Crippen molar-refractivity contribution in [2.24, 2.45) is 5.41 Å². The second-order valence-corrected chi connectivity index (χ2v) is 3.34. The lowest BCUT2D eigenvalue weighted by molar-refractivity contribution is -0.126. The Morgan fingerprint density at radius 3 is 2.33 bits per heavy atom. The topological polar surface area (TPSA) is 31.2 Å². The molecule has 0 N–H and O–H groups in total. The van der Waals surface area contributed by atoms with Crippen LogP contribution in [-0.4, -0.2) is 10.9 Å². The molecule has 1 heterocycles. The van der Waals surface area contributed by atoms with Gasteiger partial charge in [-0.25, -0.2) is 5.32 Å². The third kappa shape index (κ3) is 1.10. The maximum Gasteiger partial charge on any atom is 0.252 e. The minimum atomic E-state index is -0.322. The van der Waals surface area contributed by atoms with Crippen molar-refractivity contribution in [2.75, 3.05) is 0 Å². The Hall–Kier alpha value is -0.440. The smallest absolute Gasteiger partial charge is 0.252 e. The molecule has 1 fully saturated rings. The quantitative estimate of drug-likeness (QED) is 0.470. The van der Waals surface area contributed by atoms with Gasteiger partial charge in [-0.3, -0.25) is 4.79 Å². The van der Waals surface area contributed by atoms with E-state index in [1.165, 1.54) is 0 Å². The molecule has 0 atom stereocenters. The fourth-order valence-corrected chi connectivity index (χ4v) is 1.20. The van der Waals surface area contributed by atoms with Gasteiger partial charge >= 0.3 is 0 Å². The van der Waals surface area contributed by atoms with Crippen molar-refractivity contribution in [3.8, 4) is 0 Å². The zero-order valence-electron chi connectivity index (χ0n) is 5.47. The maximum absolute atomic E-state index is 10.9. The predicted octanol–water partition coefficient (Wildman–Crippen LogP) is 0.875. The first-order valence-electron chi connectivity index (χ1n) is 2.81. The van der Waals surface area contributed by atoms with Crippen LogP contribution in [0, 0.1) is 5.41 Å². The minimum Gasteiger partial charge on any atom is -0.272 e. The van der Waals surface area contributed by atoms with Crippen molar-refractivity contribution in [3.63, 3.8) is 0 Å². The van der Waals surface area contributed by atoms with Crippen molar-refractivity contribution in [1.29, 1.82) is 0 Å². The molecule has 1 saturated heterocycles. The highest BCUT2D eigenvalue weighted by molar-refractivity contribution is 7.80. The standard InChI is InChI=1S/C6H8NOS/c1-6(2)3-4(9)7-5(6)8/h3H2,1-2H3. The van der Waals surface area contributed by atoms with E-state index in [9.17, 15) is 4.79 Å². The van der Waals surface area contributed by atoms with Crippen molar-refractivity contribution >= 4 is 23.1 Å². The first kappa shape index (κ1) is 6.68. The summed E-state index contributed by atoms with van der Waals surface area (Å²) >= 11 is 4.76. The van der Waals surface area contributed by atoms with Gasteiger partial charge in [-0.15, -0.1) is 0 Å². The van der Waals surface area contributed by atoms with Gasteiger partial charge in [0.25, 0.3) is 5.91 Å². The van der Waals surface area contributed by atoms with Crippen LogP contribution in [0.3, 0.4) is 0 Å². The molecular formula is C6H8NOS. The van der Waals surface area contributed by atoms with E-state index in [1.807, 2.05) is 13.8 Å². The van der Waals surface area contributed by atoms with Crippen LogP contribution >= 0.6 is 12.2 Å². The van der Waals surface area contributed by atoms with E-state index in [4.69, 9.17) is 12.2 Å². The van der Waals surface area contributed by atoms with Crippen LogP contribution in [-0.2, 0) is 4.79 Å². The maximum atomic E-state index is 10.9. The summed E-state index contributed by atoms with van der Waals surface area (Å²) in [5.74, 6) is -0.0764. The predicted molar refractivity (Wildman–Crippen MR) is 38.1 cm³/mol. The molecule has 1 aliphatic heterocycles. The molecule has 0 aromatic rings. The van der Waals surface area contributed by atoms with E-state index in [2.05, 4.69) is 5.32 Å². The number of thiocarbonyl (C=S) groups is 1. The van der Waals surface area contributed by atoms with Crippen molar-refractivity contribution in [2.45, 2.75) is 20.3 Å². The van der Waals surface area contributed by atoms with Gasteiger partial charge < -0.3 is 0 Å². The molecule has 1 rings (SSSR count). The van der Waals surface area contributed by atoms with Crippen LogP contribution in [0.1, 0.15) is 20.3 Å². The lowest BCUT2D eigenvalue weighted by Crippen LogP contribution is -2.20. The average Bonchev–Trinajstić information content (AvgIpc) is 1.79. The summed E-state index contributed by atoms with van der Waals surface area (Å²) in [7, 11) is 0. The molecule has 1 amide bonds. The summed E-state index contributed by atoms with van der Waals surface area (Å²) in [6.07, 6.45) is 0.640. The number of carbonyl (C=O) groups is 1. The van der Waals surface area contributed by atoms with Crippen LogP contribution in [0.15, 0.2) is 0 Å². The molecule has 0 bridgehead atoms. The summed E-state index contributed by atoms with van der Waals surface area (Å²) in [5.41, 5.74) is -0.322. The molecular weight excluding hydrogens is 134 g/mol. The Labute approximate surface area is 59.6 Å². The SMILES string of the molecule is CC1(C)CC(=S)[N]C1=O. The van der Waals surface area contributed by atoms with Gasteiger partial charge in [0.15, 0.2) is 0 Å². The molecule has 0 aromatic heterocycles. The highest BCUT2D eigenvalue weighted by Gasteiger charge is 2.37. The van der Waals surface area contributed by atoms with Gasteiger partial charge in [-0.2, -0.15) is 0 Å². The monoisotopic (exact) mass is 142 g/mol. The molecule has 49 valence electrons. The zero-order valence-corrected chi connectivity index (χ0v) is 6.29. The average molecular weight is 142 g/mol. The van der Waals surface area contributed by atoms with Gasteiger partial charge in [-0.1, -0.05) is 26.1 Å². The summed E-state index contributed by atoms with van der Waals surface area (Å²) in [6, 6.07) is 0. The van der Waals surface area contributed by atoms with Crippen LogP contribution in [0.25, 0.3) is 0 Å². The molecule has 1 aliphatic rings. The number of rotatable bonds is 0. The Morgan fingerprint density at radius 2 is 2.22 bits per heavy atom. The van der Waals surface area contributed by atoms with E-state index in [1.54, 1.807) is 0 Å². The molecule has 9 heavy (non-hydrogen) atoms. The van der Waals surface area contributed by atoms with E-state index in [-0.39, 0.29) is 11.3 Å². The largest absolute Gasteiger partial charge is 0.272 e. The van der Waals surface area contributed by atoms with Gasteiger partial charge in [0.2, 0.25) is 0 Å². The van der Waals surface area contributed by atoms with E-state index >= 15 is 0 Å². The second-order valence-electron chi connectivity index (χ2n) is 2.87. The highest BCUT2D eigenvalue weighted by atomic mass is 32.1. The van der Waals surface area contributed by atoms with E-state index < -0.39 is 0 Å². The first-order valence-corrected chi connectivity index (χ1v) is 3.22. The Kier molecular flexibility index (Phi) is 1.31. The van der Waals surface area contributed by atoms with Crippen LogP contribution in [0.2, 0.25) is 0 Å². The molecule has 2 nitrogen and oxygen atoms in total. The van der Waals surface area contributed by atoms with Crippen LogP contribution in [0.5, 0.6) is 0 Å². The van der Waals surface area contributed by atoms with Crippen molar-refractivity contribution in [3.05, 3.63) is 0 Å². The number of amides is 1. The van der Waals surface area contributed by atoms with Crippen molar-refractivity contribution in [1.82, 2.24) is 5.32 Å². The minimum absolute atomic E-state index is 0.0764. The van der Waals surface area contributed by atoms with Gasteiger partial charge in [0, 0.05) is 6.42 Å². The summed E-state index contributed by atoms with van der Waals surface area (Å²) in [6.45, 7) is 3.72. The fourth-order valence-electron chi connectivity index (χ4n) is 0.758. The van der Waals surface area contributed by atoms with Crippen LogP contribution < -0.4 is 5.32 Å². The molecule has 0 spiro atoms. The third-order valence-corrected chi connectivity index (χ3v) is 1.63. The molecule has 0 aliphatic carbocycles. The highest BCUT2D eigenvalue weighted by Crippen LogP contribution is 2.26. The van der Waals surface area contributed by atoms with Gasteiger partial charge in [0.05, 0.1) is 5.41 Å². The molecule has 0 aromatic carbocycles. The van der Waals surface area contributed by atoms with E-state index in [0.717, 1.165) is 0 Å². The Bertz CT molecular complexity index is 174. The first-order chi connectivity index (χ1) is 4.02. The van der Waals surface area contributed by atoms with Crippen LogP contribution in [0.4, 0.5) is 0 Å². The third-order valence-electron chi connectivity index (χ3n) is 1.40. The summed E-state index contributed by atoms with van der Waals surface area (Å²) < 4.78 is 0. The van der Waals surface area contributed by atoms with Gasteiger partial charge in [0.1, 0.15) is 4.99 Å². The fraction of sp³-hybridized carbons (Fsp3) is 0.667. The number of hydrogen-bond donors (Lipinski definition) is 0. The zero-order chi connectivity index (χ0) is 7.07. The number of nitrogens with zero attached hydrogens (tertiary/aromatic N) is 1. The van der Waals surface area contributed by atoms with E-state index in [0.29, 0.717) is 11.4 Å². The lowest BCUT2D eigenvalue weighted by atomic mass is 9.92. The lowest BCUT2D eigenvalue weighted by Gasteiger charge is -2.08. The number of carbonyl (C=O) groups excluding carboxylic acids is 1. The normalized spacial score (nSPS) is 24.2. The van der Waals surface area contributed by atoms with Gasteiger partial charge in [-0.05, 0) is 0 Å². The van der Waals surface area contributed by atoms with Crippen molar-refractivity contribution < 1.29 is 4.79 Å².